The van der Waals surface area contributed by atoms with Crippen LogP contribution in [0.5, 0.6) is 0 Å². The maximum Gasteiger partial charge on any atom is 0.255 e. The van der Waals surface area contributed by atoms with Gasteiger partial charge in [0.05, 0.1) is 23.1 Å². The minimum absolute atomic E-state index is 0.0587. The van der Waals surface area contributed by atoms with Crippen molar-refractivity contribution in [1.29, 1.82) is 0 Å². The van der Waals surface area contributed by atoms with Crippen molar-refractivity contribution < 1.29 is 9.90 Å². The van der Waals surface area contributed by atoms with Crippen molar-refractivity contribution in [2.75, 3.05) is 6.61 Å². The minimum Gasteiger partial charge on any atom is -0.394 e. The van der Waals surface area contributed by atoms with E-state index in [9.17, 15) is 4.79 Å². The summed E-state index contributed by atoms with van der Waals surface area (Å²) in [5.41, 5.74) is 1.22. The molecule has 2 rings (SSSR count). The molecule has 0 fully saturated rings. The van der Waals surface area contributed by atoms with Crippen LogP contribution in [0.1, 0.15) is 23.7 Å². The van der Waals surface area contributed by atoms with E-state index in [2.05, 4.69) is 10.4 Å². The van der Waals surface area contributed by atoms with Crippen LogP contribution in [0, 0.1) is 0 Å². The number of aryl methyl sites for hydroxylation is 1. The number of carbonyl (C=O) groups is 1. The number of hydrogen-bond donors (Lipinski definition) is 2. The van der Waals surface area contributed by atoms with Crippen LogP contribution in [0.2, 0.25) is 0 Å². The fraction of sp³-hybridized carbons (Fsp3) is 0.385. The van der Waals surface area contributed by atoms with Gasteiger partial charge in [0.1, 0.15) is 5.69 Å². The summed E-state index contributed by atoms with van der Waals surface area (Å²) in [6, 6.07) is 3.65. The molecule has 2 aromatic heterocycles. The summed E-state index contributed by atoms with van der Waals surface area (Å²) in [5, 5.41) is 18.2. The van der Waals surface area contributed by atoms with E-state index in [1.165, 1.54) is 0 Å². The topological polar surface area (TPSA) is 67.2 Å². The predicted octanol–water partition coefficient (Wildman–Crippen LogP) is 1.65. The number of carbonyl (C=O) groups excluding carboxylic acids is 1. The van der Waals surface area contributed by atoms with Crippen molar-refractivity contribution in [2.24, 2.45) is 7.05 Å². The van der Waals surface area contributed by atoms with E-state index >= 15 is 0 Å². The number of nitrogens with one attached hydrogen (secondary N) is 1. The van der Waals surface area contributed by atoms with Crippen molar-refractivity contribution >= 4 is 17.2 Å². The average molecular weight is 279 g/mol. The van der Waals surface area contributed by atoms with Crippen molar-refractivity contribution in [3.63, 3.8) is 0 Å². The first-order valence-corrected chi connectivity index (χ1v) is 7.03. The summed E-state index contributed by atoms with van der Waals surface area (Å²) in [6.07, 6.45) is 2.39. The van der Waals surface area contributed by atoms with Gasteiger partial charge in [-0.1, -0.05) is 13.0 Å². The molecule has 1 amide bonds. The van der Waals surface area contributed by atoms with E-state index in [1.807, 2.05) is 24.4 Å². The molecule has 2 heterocycles. The Morgan fingerprint density at radius 1 is 1.63 bits per heavy atom. The van der Waals surface area contributed by atoms with Crippen LogP contribution in [-0.2, 0) is 7.05 Å². The highest BCUT2D eigenvalue weighted by atomic mass is 32.1. The molecule has 6 heteroatoms. The van der Waals surface area contributed by atoms with Crippen LogP contribution >= 0.6 is 11.3 Å². The van der Waals surface area contributed by atoms with Crippen molar-refractivity contribution in [2.45, 2.75) is 19.4 Å². The summed E-state index contributed by atoms with van der Waals surface area (Å²) in [4.78, 5) is 13.2. The second-order valence-electron chi connectivity index (χ2n) is 4.30. The van der Waals surface area contributed by atoms with Gasteiger partial charge in [-0.15, -0.1) is 11.3 Å². The summed E-state index contributed by atoms with van der Waals surface area (Å²) in [6.45, 7) is 1.86. The Morgan fingerprint density at radius 2 is 2.42 bits per heavy atom. The highest BCUT2D eigenvalue weighted by molar-refractivity contribution is 7.13. The van der Waals surface area contributed by atoms with E-state index in [0.717, 1.165) is 4.88 Å². The third-order valence-electron chi connectivity index (χ3n) is 2.88. The van der Waals surface area contributed by atoms with Gasteiger partial charge in [0.15, 0.2) is 0 Å². The molecule has 0 saturated heterocycles. The molecule has 0 aliphatic rings. The molecule has 0 aliphatic heterocycles. The number of nitrogens with zero attached hydrogens (tertiary/aromatic N) is 2. The van der Waals surface area contributed by atoms with Crippen molar-refractivity contribution in [3.05, 3.63) is 29.3 Å². The summed E-state index contributed by atoms with van der Waals surface area (Å²) >= 11 is 1.55. The van der Waals surface area contributed by atoms with Crippen LogP contribution in [0.15, 0.2) is 23.7 Å². The number of aliphatic hydroxyl groups excluding tert-OH is 1. The molecule has 0 bridgehead atoms. The Labute approximate surface area is 115 Å². The van der Waals surface area contributed by atoms with Gasteiger partial charge in [0, 0.05) is 13.2 Å². The largest absolute Gasteiger partial charge is 0.394 e. The van der Waals surface area contributed by atoms with Gasteiger partial charge in [-0.2, -0.15) is 5.10 Å². The predicted molar refractivity (Wildman–Crippen MR) is 75.2 cm³/mol. The SMILES string of the molecule is CCC(CO)NC(=O)c1cn(C)nc1-c1cccs1. The van der Waals surface area contributed by atoms with Crippen LogP contribution in [0.25, 0.3) is 10.6 Å². The van der Waals surface area contributed by atoms with Crippen LogP contribution < -0.4 is 5.32 Å². The molecule has 0 aliphatic carbocycles. The van der Waals surface area contributed by atoms with E-state index in [4.69, 9.17) is 5.11 Å². The molecule has 19 heavy (non-hydrogen) atoms. The monoisotopic (exact) mass is 279 g/mol. The van der Waals surface area contributed by atoms with Gasteiger partial charge in [-0.25, -0.2) is 0 Å². The molecular formula is C13H17N3O2S. The van der Waals surface area contributed by atoms with E-state index in [-0.39, 0.29) is 18.6 Å². The highest BCUT2D eigenvalue weighted by Gasteiger charge is 2.19. The number of amides is 1. The van der Waals surface area contributed by atoms with E-state index in [1.54, 1.807) is 29.3 Å². The number of aliphatic hydroxyl groups is 1. The lowest BCUT2D eigenvalue weighted by molar-refractivity contribution is 0.0915. The fourth-order valence-corrected chi connectivity index (χ4v) is 2.51. The molecule has 0 aromatic carbocycles. The van der Waals surface area contributed by atoms with E-state index < -0.39 is 0 Å². The number of hydrogen-bond acceptors (Lipinski definition) is 4. The third-order valence-corrected chi connectivity index (χ3v) is 3.75. The Hall–Kier alpha value is -1.66. The molecule has 5 nitrogen and oxygen atoms in total. The normalized spacial score (nSPS) is 12.4. The molecule has 102 valence electrons. The first-order chi connectivity index (χ1) is 9.15. The highest BCUT2D eigenvalue weighted by Crippen LogP contribution is 2.26. The molecule has 0 radical (unpaired) electrons. The van der Waals surface area contributed by atoms with E-state index in [0.29, 0.717) is 17.7 Å². The smallest absolute Gasteiger partial charge is 0.255 e. The van der Waals surface area contributed by atoms with Crippen LogP contribution in [0.3, 0.4) is 0 Å². The average Bonchev–Trinajstić information content (AvgIpc) is 3.04. The zero-order valence-electron chi connectivity index (χ0n) is 11.0. The minimum atomic E-state index is -0.219. The molecule has 2 aromatic rings. The van der Waals surface area contributed by atoms with Gasteiger partial charge >= 0.3 is 0 Å². The molecule has 0 spiro atoms. The third kappa shape index (κ3) is 3.02. The first kappa shape index (κ1) is 13.8. The van der Waals surface area contributed by atoms with Gasteiger partial charge in [0.2, 0.25) is 0 Å². The maximum atomic E-state index is 12.2. The number of aromatic nitrogens is 2. The van der Waals surface area contributed by atoms with Gasteiger partial charge in [0.25, 0.3) is 5.91 Å². The number of rotatable bonds is 5. The number of thiophene rings is 1. The zero-order chi connectivity index (χ0) is 13.8. The molecule has 2 N–H and O–H groups in total. The first-order valence-electron chi connectivity index (χ1n) is 6.15. The van der Waals surface area contributed by atoms with Crippen LogP contribution in [0.4, 0.5) is 0 Å². The molecular weight excluding hydrogens is 262 g/mol. The Balaban J connectivity index is 2.27. The maximum absolute atomic E-state index is 12.2. The Bertz CT molecular complexity index is 544. The van der Waals surface area contributed by atoms with Crippen molar-refractivity contribution in [1.82, 2.24) is 15.1 Å². The van der Waals surface area contributed by atoms with Crippen LogP contribution in [-0.4, -0.2) is 33.4 Å². The Morgan fingerprint density at radius 3 is 3.00 bits per heavy atom. The second-order valence-corrected chi connectivity index (χ2v) is 5.25. The summed E-state index contributed by atoms with van der Waals surface area (Å²) in [5.74, 6) is -0.197. The lowest BCUT2D eigenvalue weighted by Crippen LogP contribution is -2.37. The quantitative estimate of drug-likeness (QED) is 0.874. The van der Waals surface area contributed by atoms with Gasteiger partial charge in [-0.3, -0.25) is 9.48 Å². The lowest BCUT2D eigenvalue weighted by atomic mass is 10.1. The molecule has 0 saturated carbocycles. The van der Waals surface area contributed by atoms with Crippen molar-refractivity contribution in [3.8, 4) is 10.6 Å². The molecule has 1 unspecified atom stereocenters. The molecule has 1 atom stereocenters. The standard InChI is InChI=1S/C13H17N3O2S/c1-3-9(8-17)14-13(18)10-7-16(2)15-12(10)11-5-4-6-19-11/h4-7,9,17H,3,8H2,1-2H3,(H,14,18). The second kappa shape index (κ2) is 5.99. The van der Waals surface area contributed by atoms with Gasteiger partial charge < -0.3 is 10.4 Å². The lowest BCUT2D eigenvalue weighted by Gasteiger charge is -2.13. The van der Waals surface area contributed by atoms with Gasteiger partial charge in [-0.05, 0) is 17.9 Å². The zero-order valence-corrected chi connectivity index (χ0v) is 11.8. The Kier molecular flexibility index (Phi) is 4.34. The summed E-state index contributed by atoms with van der Waals surface area (Å²) < 4.78 is 1.63. The fourth-order valence-electron chi connectivity index (χ4n) is 1.79. The summed E-state index contributed by atoms with van der Waals surface area (Å²) in [7, 11) is 1.79.